The van der Waals surface area contributed by atoms with E-state index < -0.39 is 18.0 Å². The number of ether oxygens (including phenoxy) is 1. The van der Waals surface area contributed by atoms with Crippen LogP contribution in [0.15, 0.2) is 111 Å². The maximum absolute atomic E-state index is 14.0. The van der Waals surface area contributed by atoms with E-state index in [0.717, 1.165) is 16.7 Å². The van der Waals surface area contributed by atoms with Crippen LogP contribution in [0.2, 0.25) is 0 Å². The first-order chi connectivity index (χ1) is 20.9. The van der Waals surface area contributed by atoms with Crippen molar-refractivity contribution in [3.8, 4) is 11.3 Å². The van der Waals surface area contributed by atoms with Gasteiger partial charge in [0.1, 0.15) is 11.5 Å². The summed E-state index contributed by atoms with van der Waals surface area (Å²) in [4.78, 5) is 44.3. The lowest BCUT2D eigenvalue weighted by atomic mass is 9.93. The lowest BCUT2D eigenvalue weighted by molar-refractivity contribution is -0.138. The highest BCUT2D eigenvalue weighted by atomic mass is 32.1. The number of carboxylic acids is 1. The molecule has 1 atom stereocenters. The molecule has 0 aliphatic carbocycles. The van der Waals surface area contributed by atoms with E-state index in [1.54, 1.807) is 43.3 Å². The van der Waals surface area contributed by atoms with Gasteiger partial charge in [-0.2, -0.15) is 0 Å². The Morgan fingerprint density at radius 1 is 1.02 bits per heavy atom. The van der Waals surface area contributed by atoms with Crippen LogP contribution in [0.3, 0.4) is 0 Å². The molecule has 9 heteroatoms. The fraction of sp³-hybridized carbons (Fsp3) is 0.118. The number of thiazole rings is 1. The van der Waals surface area contributed by atoms with Gasteiger partial charge < -0.3 is 14.3 Å². The van der Waals surface area contributed by atoms with Crippen molar-refractivity contribution >= 4 is 35.0 Å². The van der Waals surface area contributed by atoms with Gasteiger partial charge in [0.25, 0.3) is 5.56 Å². The summed E-state index contributed by atoms with van der Waals surface area (Å²) >= 11 is 1.20. The number of esters is 1. The summed E-state index contributed by atoms with van der Waals surface area (Å²) in [5.41, 5.74) is 3.55. The molecular formula is C34H26N2O6S. The molecule has 0 saturated carbocycles. The smallest absolute Gasteiger partial charge is 0.338 e. The molecule has 0 spiro atoms. The summed E-state index contributed by atoms with van der Waals surface area (Å²) in [6, 6.07) is 26.3. The Morgan fingerprint density at radius 3 is 2.44 bits per heavy atom. The van der Waals surface area contributed by atoms with Crippen LogP contribution in [0.25, 0.3) is 23.1 Å². The molecule has 2 aromatic heterocycles. The summed E-state index contributed by atoms with van der Waals surface area (Å²) in [5.74, 6) is -0.663. The lowest BCUT2D eigenvalue weighted by Gasteiger charge is -2.25. The van der Waals surface area contributed by atoms with E-state index in [0.29, 0.717) is 32.1 Å². The highest BCUT2D eigenvalue weighted by Crippen LogP contribution is 2.35. The van der Waals surface area contributed by atoms with Crippen LogP contribution in [-0.4, -0.2) is 28.2 Å². The molecule has 0 amide bonds. The minimum absolute atomic E-state index is 0.152. The molecule has 6 rings (SSSR count). The highest BCUT2D eigenvalue weighted by molar-refractivity contribution is 7.07. The number of hydrogen-bond acceptors (Lipinski definition) is 7. The first-order valence-electron chi connectivity index (χ1n) is 13.6. The van der Waals surface area contributed by atoms with E-state index in [-0.39, 0.29) is 23.3 Å². The van der Waals surface area contributed by atoms with Crippen molar-refractivity contribution < 1.29 is 23.8 Å². The van der Waals surface area contributed by atoms with Crippen LogP contribution in [-0.2, 0) is 9.53 Å². The third-order valence-electron chi connectivity index (χ3n) is 7.14. The van der Waals surface area contributed by atoms with Crippen molar-refractivity contribution in [1.82, 2.24) is 4.57 Å². The molecule has 214 valence electrons. The fourth-order valence-corrected chi connectivity index (χ4v) is 6.10. The third-order valence-corrected chi connectivity index (χ3v) is 8.12. The van der Waals surface area contributed by atoms with Gasteiger partial charge in [0.05, 0.1) is 34.0 Å². The monoisotopic (exact) mass is 590 g/mol. The Hall–Kier alpha value is -5.28. The largest absolute Gasteiger partial charge is 0.478 e. The van der Waals surface area contributed by atoms with Crippen LogP contribution in [0.4, 0.5) is 0 Å². The maximum Gasteiger partial charge on any atom is 0.338 e. The van der Waals surface area contributed by atoms with Crippen LogP contribution in [0, 0.1) is 6.92 Å². The summed E-state index contributed by atoms with van der Waals surface area (Å²) in [7, 11) is 0. The second kappa shape index (κ2) is 11.5. The molecule has 0 radical (unpaired) electrons. The van der Waals surface area contributed by atoms with Crippen LogP contribution >= 0.6 is 11.3 Å². The van der Waals surface area contributed by atoms with Crippen molar-refractivity contribution in [3.63, 3.8) is 0 Å². The zero-order valence-corrected chi connectivity index (χ0v) is 24.1. The molecule has 1 aliphatic heterocycles. The maximum atomic E-state index is 14.0. The van der Waals surface area contributed by atoms with E-state index in [1.165, 1.54) is 15.9 Å². The zero-order valence-electron chi connectivity index (χ0n) is 23.3. The van der Waals surface area contributed by atoms with Gasteiger partial charge in [-0.25, -0.2) is 14.6 Å². The topological polar surface area (TPSA) is 111 Å². The van der Waals surface area contributed by atoms with Gasteiger partial charge in [-0.1, -0.05) is 78.1 Å². The SMILES string of the molecule is CCOC(=O)C1=C(c2ccccc2)N=c2s/c(=C\c3ccc(-c4cc(C(=O)O)ccc4C)o3)c(=O)n2[C@H]1c1ccccc1. The number of carboxylic acid groups (broad SMARTS) is 1. The highest BCUT2D eigenvalue weighted by Gasteiger charge is 2.35. The number of aryl methyl sites for hydroxylation is 1. The molecule has 3 heterocycles. The second-order valence-electron chi connectivity index (χ2n) is 9.88. The molecule has 0 fully saturated rings. The van der Waals surface area contributed by atoms with Crippen LogP contribution in [0.1, 0.15) is 45.8 Å². The van der Waals surface area contributed by atoms with Crippen molar-refractivity contribution in [2.24, 2.45) is 4.99 Å². The van der Waals surface area contributed by atoms with E-state index in [2.05, 4.69) is 0 Å². The molecule has 0 bridgehead atoms. The summed E-state index contributed by atoms with van der Waals surface area (Å²) in [6.45, 7) is 3.78. The van der Waals surface area contributed by atoms with Crippen LogP contribution in [0.5, 0.6) is 0 Å². The zero-order chi connectivity index (χ0) is 30.1. The minimum atomic E-state index is -1.03. The quantitative estimate of drug-likeness (QED) is 0.261. The van der Waals surface area contributed by atoms with E-state index >= 15 is 0 Å². The van der Waals surface area contributed by atoms with E-state index in [9.17, 15) is 19.5 Å². The third kappa shape index (κ3) is 5.26. The number of carbonyl (C=O) groups excluding carboxylic acids is 1. The van der Waals surface area contributed by atoms with Crippen molar-refractivity contribution in [3.05, 3.63) is 144 Å². The minimum Gasteiger partial charge on any atom is -0.478 e. The predicted molar refractivity (Wildman–Crippen MR) is 163 cm³/mol. The number of carbonyl (C=O) groups is 2. The lowest BCUT2D eigenvalue weighted by Crippen LogP contribution is -2.39. The van der Waals surface area contributed by atoms with Gasteiger partial charge in [-0.05, 0) is 49.2 Å². The van der Waals surface area contributed by atoms with Gasteiger partial charge in [0.2, 0.25) is 0 Å². The first kappa shape index (κ1) is 27.9. The average Bonchev–Trinajstić information content (AvgIpc) is 3.61. The van der Waals surface area contributed by atoms with Crippen LogP contribution < -0.4 is 14.9 Å². The Labute approximate surface area is 250 Å². The van der Waals surface area contributed by atoms with Gasteiger partial charge in [-0.3, -0.25) is 9.36 Å². The Kier molecular flexibility index (Phi) is 7.48. The molecule has 0 unspecified atom stereocenters. The molecule has 3 aromatic carbocycles. The molecular weight excluding hydrogens is 564 g/mol. The van der Waals surface area contributed by atoms with E-state index in [1.807, 2.05) is 67.6 Å². The Balaban J connectivity index is 1.53. The molecule has 8 nitrogen and oxygen atoms in total. The number of nitrogens with zero attached hydrogens (tertiary/aromatic N) is 2. The van der Waals surface area contributed by atoms with Gasteiger partial charge >= 0.3 is 11.9 Å². The number of hydrogen-bond donors (Lipinski definition) is 1. The van der Waals surface area contributed by atoms with Gasteiger partial charge in [0.15, 0.2) is 4.80 Å². The number of aromatic nitrogens is 1. The predicted octanol–water partition coefficient (Wildman–Crippen LogP) is 5.20. The number of benzene rings is 3. The number of furan rings is 1. The number of fused-ring (bicyclic) bond motifs is 1. The summed E-state index contributed by atoms with van der Waals surface area (Å²) in [6.07, 6.45) is 1.64. The van der Waals surface area contributed by atoms with Crippen molar-refractivity contribution in [1.29, 1.82) is 0 Å². The van der Waals surface area contributed by atoms with E-state index in [4.69, 9.17) is 14.1 Å². The number of aromatic carboxylic acids is 1. The number of rotatable bonds is 7. The standard InChI is InChI=1S/C34H26N2O6S/c1-3-41-33(40)28-29(21-10-6-4-7-11-21)35-34-36(30(28)22-12-8-5-9-13-22)31(37)27(43-34)19-24-16-17-26(42-24)25-18-23(32(38)39)15-14-20(25)2/h4-19,30H,3H2,1-2H3,(H,38,39)/b27-19-/t30-/m0/s1. The normalized spacial score (nSPS) is 14.7. The van der Waals surface area contributed by atoms with Gasteiger partial charge in [-0.15, -0.1) is 0 Å². The fourth-order valence-electron chi connectivity index (χ4n) is 5.12. The molecule has 1 aliphatic rings. The average molecular weight is 591 g/mol. The van der Waals surface area contributed by atoms with Crippen molar-refractivity contribution in [2.45, 2.75) is 19.9 Å². The Morgan fingerprint density at radius 2 is 1.74 bits per heavy atom. The molecule has 0 saturated heterocycles. The Bertz CT molecular complexity index is 2070. The molecule has 1 N–H and O–H groups in total. The molecule has 5 aromatic rings. The van der Waals surface area contributed by atoms with Gasteiger partial charge in [0, 0.05) is 17.2 Å². The first-order valence-corrected chi connectivity index (χ1v) is 14.4. The van der Waals surface area contributed by atoms with Crippen molar-refractivity contribution in [2.75, 3.05) is 6.61 Å². The summed E-state index contributed by atoms with van der Waals surface area (Å²) < 4.78 is 13.5. The summed E-state index contributed by atoms with van der Waals surface area (Å²) in [5, 5.41) is 9.42. The molecule has 43 heavy (non-hydrogen) atoms. The second-order valence-corrected chi connectivity index (χ2v) is 10.9.